The van der Waals surface area contributed by atoms with Crippen LogP contribution in [0.15, 0.2) is 12.4 Å². The van der Waals surface area contributed by atoms with E-state index in [1.54, 1.807) is 6.20 Å². The highest BCUT2D eigenvalue weighted by atomic mass is 16.1. The van der Waals surface area contributed by atoms with Crippen LogP contribution in [0.1, 0.15) is 12.1 Å². The van der Waals surface area contributed by atoms with Crippen molar-refractivity contribution in [3.63, 3.8) is 0 Å². The number of rotatable bonds is 2. The van der Waals surface area contributed by atoms with Crippen molar-refractivity contribution in [2.24, 2.45) is 11.7 Å². The maximum atomic E-state index is 11.0. The summed E-state index contributed by atoms with van der Waals surface area (Å²) >= 11 is 0. The number of aromatic nitrogens is 2. The number of carbonyl (C=O) groups is 1. The van der Waals surface area contributed by atoms with Gasteiger partial charge >= 0.3 is 0 Å². The van der Waals surface area contributed by atoms with E-state index >= 15 is 0 Å². The first-order valence-electron chi connectivity index (χ1n) is 4.97. The summed E-state index contributed by atoms with van der Waals surface area (Å²) in [4.78, 5) is 21.0. The maximum Gasteiger partial charge on any atom is 0.222 e. The molecule has 0 spiro atoms. The Balaban J connectivity index is 2.09. The Morgan fingerprint density at radius 2 is 2.38 bits per heavy atom. The third-order valence-electron chi connectivity index (χ3n) is 2.67. The predicted molar refractivity (Wildman–Crippen MR) is 56.3 cm³/mol. The normalized spacial score (nSPS) is 19.4. The standard InChI is InChI=1S/C10H11N5O/c11-3-8-4-14-9(5-13-8)15-2-1-7(6-15)10(12)16/h4-5,7H,1-2,6H2,(H2,12,16). The molecule has 6 nitrogen and oxygen atoms in total. The number of nitrogens with zero attached hydrogens (tertiary/aromatic N) is 4. The van der Waals surface area contributed by atoms with Crippen molar-refractivity contribution in [1.29, 1.82) is 5.26 Å². The third kappa shape index (κ3) is 1.93. The first-order chi connectivity index (χ1) is 7.70. The molecule has 0 bridgehead atoms. The van der Waals surface area contributed by atoms with Crippen LogP contribution in [0.25, 0.3) is 0 Å². The van der Waals surface area contributed by atoms with E-state index in [2.05, 4.69) is 9.97 Å². The van der Waals surface area contributed by atoms with Gasteiger partial charge in [0.05, 0.1) is 18.3 Å². The lowest BCUT2D eigenvalue weighted by molar-refractivity contribution is -0.121. The topological polar surface area (TPSA) is 95.9 Å². The van der Waals surface area contributed by atoms with Crippen LogP contribution in [0.5, 0.6) is 0 Å². The molecule has 2 heterocycles. The maximum absolute atomic E-state index is 11.0. The minimum absolute atomic E-state index is 0.113. The first-order valence-corrected chi connectivity index (χ1v) is 4.97. The molecular formula is C10H11N5O. The van der Waals surface area contributed by atoms with Crippen molar-refractivity contribution in [3.05, 3.63) is 18.1 Å². The summed E-state index contributed by atoms with van der Waals surface area (Å²) in [5, 5.41) is 8.58. The van der Waals surface area contributed by atoms with Crippen molar-refractivity contribution in [2.45, 2.75) is 6.42 Å². The van der Waals surface area contributed by atoms with E-state index < -0.39 is 0 Å². The number of primary amides is 1. The molecule has 1 fully saturated rings. The molecule has 6 heteroatoms. The van der Waals surface area contributed by atoms with Crippen LogP contribution in [-0.4, -0.2) is 29.0 Å². The zero-order valence-electron chi connectivity index (χ0n) is 8.63. The van der Waals surface area contributed by atoms with E-state index in [1.807, 2.05) is 11.0 Å². The van der Waals surface area contributed by atoms with Gasteiger partial charge in [-0.3, -0.25) is 4.79 Å². The molecule has 1 aliphatic rings. The molecule has 0 radical (unpaired) electrons. The van der Waals surface area contributed by atoms with E-state index in [-0.39, 0.29) is 17.5 Å². The van der Waals surface area contributed by atoms with Crippen LogP contribution < -0.4 is 10.6 Å². The molecule has 1 aromatic heterocycles. The van der Waals surface area contributed by atoms with E-state index in [0.717, 1.165) is 13.0 Å². The number of hydrogen-bond acceptors (Lipinski definition) is 5. The molecule has 1 aliphatic heterocycles. The molecule has 82 valence electrons. The number of amides is 1. The summed E-state index contributed by atoms with van der Waals surface area (Å²) in [5.41, 5.74) is 5.53. The second-order valence-corrected chi connectivity index (χ2v) is 3.71. The molecular weight excluding hydrogens is 206 g/mol. The van der Waals surface area contributed by atoms with Gasteiger partial charge in [0.1, 0.15) is 11.9 Å². The average Bonchev–Trinajstić information content (AvgIpc) is 2.78. The Morgan fingerprint density at radius 3 is 2.88 bits per heavy atom. The van der Waals surface area contributed by atoms with Gasteiger partial charge in [0, 0.05) is 13.1 Å². The van der Waals surface area contributed by atoms with E-state index in [4.69, 9.17) is 11.0 Å². The van der Waals surface area contributed by atoms with Crippen molar-refractivity contribution >= 4 is 11.7 Å². The molecule has 2 rings (SSSR count). The van der Waals surface area contributed by atoms with Crippen LogP contribution in [0.4, 0.5) is 5.82 Å². The van der Waals surface area contributed by atoms with Crippen molar-refractivity contribution < 1.29 is 4.79 Å². The molecule has 1 unspecified atom stereocenters. The quantitative estimate of drug-likeness (QED) is 0.731. The fourth-order valence-corrected chi connectivity index (χ4v) is 1.74. The second-order valence-electron chi connectivity index (χ2n) is 3.71. The zero-order chi connectivity index (χ0) is 11.5. The molecule has 0 aromatic carbocycles. The Labute approximate surface area is 92.7 Å². The summed E-state index contributed by atoms with van der Waals surface area (Å²) in [7, 11) is 0. The zero-order valence-corrected chi connectivity index (χ0v) is 8.63. The summed E-state index contributed by atoms with van der Waals surface area (Å²) in [6, 6.07) is 1.91. The number of carbonyl (C=O) groups excluding carboxylic acids is 1. The SMILES string of the molecule is N#Cc1cnc(N2CCC(C(N)=O)C2)cn1. The molecule has 1 aromatic rings. The fourth-order valence-electron chi connectivity index (χ4n) is 1.74. The van der Waals surface area contributed by atoms with Crippen molar-refractivity contribution in [1.82, 2.24) is 9.97 Å². The molecule has 0 saturated carbocycles. The van der Waals surface area contributed by atoms with E-state index in [9.17, 15) is 4.79 Å². The minimum Gasteiger partial charge on any atom is -0.369 e. The Hall–Kier alpha value is -2.16. The smallest absolute Gasteiger partial charge is 0.222 e. The highest BCUT2D eigenvalue weighted by Crippen LogP contribution is 2.20. The lowest BCUT2D eigenvalue weighted by atomic mass is 10.1. The molecule has 1 amide bonds. The highest BCUT2D eigenvalue weighted by molar-refractivity contribution is 5.78. The van der Waals surface area contributed by atoms with Crippen LogP contribution in [-0.2, 0) is 4.79 Å². The number of anilines is 1. The third-order valence-corrected chi connectivity index (χ3v) is 2.67. The van der Waals surface area contributed by atoms with Gasteiger partial charge in [-0.1, -0.05) is 0 Å². The van der Waals surface area contributed by atoms with Crippen LogP contribution >= 0.6 is 0 Å². The van der Waals surface area contributed by atoms with Gasteiger partial charge in [-0.25, -0.2) is 9.97 Å². The summed E-state index contributed by atoms with van der Waals surface area (Å²) < 4.78 is 0. The van der Waals surface area contributed by atoms with Crippen molar-refractivity contribution in [2.75, 3.05) is 18.0 Å². The van der Waals surface area contributed by atoms with Crippen LogP contribution in [0.2, 0.25) is 0 Å². The fraction of sp³-hybridized carbons (Fsp3) is 0.400. The molecule has 2 N–H and O–H groups in total. The van der Waals surface area contributed by atoms with Gasteiger partial charge in [0.15, 0.2) is 5.69 Å². The second kappa shape index (κ2) is 4.14. The number of nitrogens with two attached hydrogens (primary N) is 1. The van der Waals surface area contributed by atoms with E-state index in [0.29, 0.717) is 12.4 Å². The minimum atomic E-state index is -0.274. The number of nitriles is 1. The summed E-state index contributed by atoms with van der Waals surface area (Å²) in [5.74, 6) is 0.296. The van der Waals surface area contributed by atoms with E-state index in [1.165, 1.54) is 6.20 Å². The Kier molecular flexibility index (Phi) is 2.68. The molecule has 16 heavy (non-hydrogen) atoms. The van der Waals surface area contributed by atoms with Gasteiger partial charge in [-0.2, -0.15) is 5.26 Å². The largest absolute Gasteiger partial charge is 0.369 e. The van der Waals surface area contributed by atoms with Crippen molar-refractivity contribution in [3.8, 4) is 6.07 Å². The molecule has 1 atom stereocenters. The average molecular weight is 217 g/mol. The van der Waals surface area contributed by atoms with Gasteiger partial charge in [0.2, 0.25) is 5.91 Å². The Bertz CT molecular complexity index is 436. The molecule has 0 aliphatic carbocycles. The monoisotopic (exact) mass is 217 g/mol. The lowest BCUT2D eigenvalue weighted by Gasteiger charge is -2.15. The van der Waals surface area contributed by atoms with Gasteiger partial charge in [0.25, 0.3) is 0 Å². The Morgan fingerprint density at radius 1 is 1.56 bits per heavy atom. The summed E-state index contributed by atoms with van der Waals surface area (Å²) in [6.45, 7) is 1.32. The molecule has 1 saturated heterocycles. The first kappa shape index (κ1) is 10.4. The van der Waals surface area contributed by atoms with Crippen LogP contribution in [0.3, 0.4) is 0 Å². The predicted octanol–water partition coefficient (Wildman–Crippen LogP) is -0.340. The number of hydrogen-bond donors (Lipinski definition) is 1. The highest BCUT2D eigenvalue weighted by Gasteiger charge is 2.27. The summed E-state index contributed by atoms with van der Waals surface area (Å²) in [6.07, 6.45) is 3.71. The van der Waals surface area contributed by atoms with Gasteiger partial charge in [-0.15, -0.1) is 0 Å². The lowest BCUT2D eigenvalue weighted by Crippen LogP contribution is -2.27. The van der Waals surface area contributed by atoms with Gasteiger partial charge in [-0.05, 0) is 6.42 Å². The van der Waals surface area contributed by atoms with Gasteiger partial charge < -0.3 is 10.6 Å². The van der Waals surface area contributed by atoms with Crippen LogP contribution in [0, 0.1) is 17.2 Å².